The fraction of sp³-hybridized carbons (Fsp3) is 0.562. The first-order chi connectivity index (χ1) is 10.7. The molecule has 0 radical (unpaired) electrons. The van der Waals surface area contributed by atoms with Gasteiger partial charge < -0.3 is 14.0 Å². The molecule has 0 aliphatic carbocycles. The van der Waals surface area contributed by atoms with E-state index in [1.807, 2.05) is 27.7 Å². The standard InChI is InChI=1S/C16H23BF2O4/c1-6-21-15(20)16(18,19)13-7-9-14(10-8-13)17(22-11(2)3)23-12(4)5/h7-12H,6H2,1-5H3. The average Bonchev–Trinajstić information content (AvgIpc) is 2.46. The van der Waals surface area contributed by atoms with Crippen molar-refractivity contribution in [1.82, 2.24) is 0 Å². The smallest absolute Gasteiger partial charge is 0.461 e. The maximum atomic E-state index is 14.0. The largest absolute Gasteiger partial charge is 0.494 e. The number of carbonyl (C=O) groups is 1. The number of benzene rings is 1. The van der Waals surface area contributed by atoms with Crippen LogP contribution in [0, 0.1) is 0 Å². The summed E-state index contributed by atoms with van der Waals surface area (Å²) in [6, 6.07) is 5.31. The molecular weight excluding hydrogens is 305 g/mol. The Bertz CT molecular complexity index is 493. The maximum Gasteiger partial charge on any atom is 0.494 e. The Hall–Kier alpha value is -1.47. The molecule has 0 fully saturated rings. The van der Waals surface area contributed by atoms with Crippen LogP contribution in [0.15, 0.2) is 24.3 Å². The summed E-state index contributed by atoms with van der Waals surface area (Å²) < 4.78 is 43.6. The van der Waals surface area contributed by atoms with Gasteiger partial charge in [-0.1, -0.05) is 24.3 Å². The highest BCUT2D eigenvalue weighted by atomic mass is 19.3. The lowest BCUT2D eigenvalue weighted by molar-refractivity contribution is -0.173. The van der Waals surface area contributed by atoms with Gasteiger partial charge in [-0.15, -0.1) is 0 Å². The molecule has 128 valence electrons. The molecule has 23 heavy (non-hydrogen) atoms. The molecule has 0 spiro atoms. The van der Waals surface area contributed by atoms with E-state index in [4.69, 9.17) is 9.31 Å². The first kappa shape index (κ1) is 19.6. The van der Waals surface area contributed by atoms with Gasteiger partial charge in [0.2, 0.25) is 0 Å². The molecule has 0 atom stereocenters. The van der Waals surface area contributed by atoms with Crippen molar-refractivity contribution in [3.63, 3.8) is 0 Å². The fourth-order valence-corrected chi connectivity index (χ4v) is 1.87. The molecule has 0 saturated carbocycles. The van der Waals surface area contributed by atoms with Gasteiger partial charge in [0.05, 0.1) is 6.61 Å². The molecule has 0 unspecified atom stereocenters. The van der Waals surface area contributed by atoms with Gasteiger partial charge in [0.1, 0.15) is 0 Å². The summed E-state index contributed by atoms with van der Waals surface area (Å²) >= 11 is 0. The van der Waals surface area contributed by atoms with Crippen LogP contribution < -0.4 is 5.46 Å². The van der Waals surface area contributed by atoms with Gasteiger partial charge in [0.15, 0.2) is 0 Å². The van der Waals surface area contributed by atoms with Gasteiger partial charge in [-0.25, -0.2) is 4.79 Å². The van der Waals surface area contributed by atoms with E-state index >= 15 is 0 Å². The number of alkyl halides is 2. The highest BCUT2D eigenvalue weighted by molar-refractivity contribution is 6.61. The lowest BCUT2D eigenvalue weighted by Crippen LogP contribution is -2.41. The number of halogens is 2. The predicted molar refractivity (Wildman–Crippen MR) is 84.8 cm³/mol. The van der Waals surface area contributed by atoms with Crippen molar-refractivity contribution in [2.45, 2.75) is 52.7 Å². The summed E-state index contributed by atoms with van der Waals surface area (Å²) in [4.78, 5) is 11.4. The third kappa shape index (κ3) is 5.59. The zero-order valence-electron chi connectivity index (χ0n) is 14.1. The quantitative estimate of drug-likeness (QED) is 0.544. The van der Waals surface area contributed by atoms with E-state index in [0.29, 0.717) is 5.46 Å². The molecule has 7 heteroatoms. The predicted octanol–water partition coefficient (Wildman–Crippen LogP) is 2.89. The maximum absolute atomic E-state index is 14.0. The first-order valence-electron chi connectivity index (χ1n) is 7.64. The second kappa shape index (κ2) is 8.40. The van der Waals surface area contributed by atoms with Crippen LogP contribution in [0.25, 0.3) is 0 Å². The Labute approximate surface area is 136 Å². The number of esters is 1. The number of hydrogen-bond acceptors (Lipinski definition) is 4. The zero-order valence-corrected chi connectivity index (χ0v) is 14.1. The van der Waals surface area contributed by atoms with Crippen molar-refractivity contribution in [1.29, 1.82) is 0 Å². The summed E-state index contributed by atoms with van der Waals surface area (Å²) in [6.45, 7) is 8.83. The molecule has 0 heterocycles. The Balaban J connectivity index is 2.98. The van der Waals surface area contributed by atoms with Gasteiger partial charge in [-0.3, -0.25) is 0 Å². The zero-order chi connectivity index (χ0) is 17.6. The van der Waals surface area contributed by atoms with E-state index in [1.165, 1.54) is 31.2 Å². The molecule has 0 amide bonds. The third-order valence-corrected chi connectivity index (χ3v) is 2.87. The van der Waals surface area contributed by atoms with Crippen LogP contribution in [0.2, 0.25) is 0 Å². The van der Waals surface area contributed by atoms with Crippen LogP contribution in [0.1, 0.15) is 40.2 Å². The van der Waals surface area contributed by atoms with Crippen LogP contribution in [0.4, 0.5) is 8.78 Å². The monoisotopic (exact) mass is 328 g/mol. The Morgan fingerprint density at radius 2 is 1.57 bits per heavy atom. The van der Waals surface area contributed by atoms with E-state index in [-0.39, 0.29) is 18.8 Å². The molecular formula is C16H23BF2O4. The highest BCUT2D eigenvalue weighted by Gasteiger charge is 2.42. The van der Waals surface area contributed by atoms with Crippen molar-refractivity contribution in [2.75, 3.05) is 6.61 Å². The molecule has 0 aliphatic rings. The minimum Gasteiger partial charge on any atom is -0.461 e. The first-order valence-corrected chi connectivity index (χ1v) is 7.64. The van der Waals surface area contributed by atoms with Crippen LogP contribution in [0.3, 0.4) is 0 Å². The molecule has 0 aromatic heterocycles. The van der Waals surface area contributed by atoms with E-state index in [9.17, 15) is 13.6 Å². The minimum absolute atomic E-state index is 0.0839. The second-order valence-corrected chi connectivity index (χ2v) is 5.62. The molecule has 1 rings (SSSR count). The molecule has 0 bridgehead atoms. The fourth-order valence-electron chi connectivity index (χ4n) is 1.87. The van der Waals surface area contributed by atoms with Crippen molar-refractivity contribution in [3.05, 3.63) is 29.8 Å². The lowest BCUT2D eigenvalue weighted by atomic mass is 9.77. The van der Waals surface area contributed by atoms with Gasteiger partial charge in [-0.05, 0) is 40.1 Å². The van der Waals surface area contributed by atoms with E-state index in [1.54, 1.807) is 0 Å². The van der Waals surface area contributed by atoms with Crippen LogP contribution in [-0.2, 0) is 24.8 Å². The van der Waals surface area contributed by atoms with Gasteiger partial charge >= 0.3 is 19.0 Å². The summed E-state index contributed by atoms with van der Waals surface area (Å²) in [5, 5.41) is 0. The summed E-state index contributed by atoms with van der Waals surface area (Å²) in [5.41, 5.74) is 0.184. The molecule has 0 aliphatic heterocycles. The lowest BCUT2D eigenvalue weighted by Gasteiger charge is -2.20. The van der Waals surface area contributed by atoms with Crippen molar-refractivity contribution >= 4 is 18.6 Å². The number of carbonyl (C=O) groups excluding carboxylic acids is 1. The van der Waals surface area contributed by atoms with E-state index < -0.39 is 24.6 Å². The molecule has 4 nitrogen and oxygen atoms in total. The molecule has 1 aromatic carbocycles. The van der Waals surface area contributed by atoms with Crippen molar-refractivity contribution in [3.8, 4) is 0 Å². The molecule has 1 aromatic rings. The normalized spacial score (nSPS) is 11.9. The Morgan fingerprint density at radius 3 is 1.96 bits per heavy atom. The van der Waals surface area contributed by atoms with E-state index in [2.05, 4.69) is 4.74 Å². The average molecular weight is 328 g/mol. The summed E-state index contributed by atoms with van der Waals surface area (Å²) in [5.74, 6) is -5.23. The van der Waals surface area contributed by atoms with Crippen LogP contribution in [0.5, 0.6) is 0 Å². The summed E-state index contributed by atoms with van der Waals surface area (Å²) in [6.07, 6.45) is -0.168. The van der Waals surface area contributed by atoms with E-state index in [0.717, 1.165) is 0 Å². The summed E-state index contributed by atoms with van der Waals surface area (Å²) in [7, 11) is -0.653. The molecule has 0 N–H and O–H groups in total. The highest BCUT2D eigenvalue weighted by Crippen LogP contribution is 2.29. The third-order valence-electron chi connectivity index (χ3n) is 2.87. The number of rotatable bonds is 8. The molecule has 0 saturated heterocycles. The van der Waals surface area contributed by atoms with Crippen LogP contribution in [-0.4, -0.2) is 31.9 Å². The number of ether oxygens (including phenoxy) is 1. The minimum atomic E-state index is -3.68. The van der Waals surface area contributed by atoms with Crippen molar-refractivity contribution in [2.24, 2.45) is 0 Å². The van der Waals surface area contributed by atoms with Crippen molar-refractivity contribution < 1.29 is 27.6 Å². The second-order valence-electron chi connectivity index (χ2n) is 5.62. The Kier molecular flexibility index (Phi) is 7.16. The SMILES string of the molecule is CCOC(=O)C(F)(F)c1ccc(B(OC(C)C)OC(C)C)cc1. The van der Waals surface area contributed by atoms with Gasteiger partial charge in [0, 0.05) is 17.8 Å². The number of hydrogen-bond donors (Lipinski definition) is 0. The van der Waals surface area contributed by atoms with Crippen LogP contribution >= 0.6 is 0 Å². The van der Waals surface area contributed by atoms with Gasteiger partial charge in [0.25, 0.3) is 0 Å². The van der Waals surface area contributed by atoms with Gasteiger partial charge in [-0.2, -0.15) is 8.78 Å². The Morgan fingerprint density at radius 1 is 1.09 bits per heavy atom. The topological polar surface area (TPSA) is 44.8 Å².